The van der Waals surface area contributed by atoms with Gasteiger partial charge in [0.15, 0.2) is 0 Å². The molecule has 2 rings (SSSR count). The van der Waals surface area contributed by atoms with E-state index in [1.807, 2.05) is 17.8 Å². The van der Waals surface area contributed by atoms with E-state index < -0.39 is 0 Å². The van der Waals surface area contributed by atoms with Crippen molar-refractivity contribution in [2.45, 2.75) is 33.4 Å². The van der Waals surface area contributed by atoms with E-state index in [0.29, 0.717) is 0 Å². The first kappa shape index (κ1) is 11.9. The Morgan fingerprint density at radius 2 is 2.18 bits per heavy atom. The van der Waals surface area contributed by atoms with Gasteiger partial charge in [0.05, 0.1) is 6.20 Å². The molecule has 0 aliphatic rings. The number of benzene rings is 1. The lowest BCUT2D eigenvalue weighted by molar-refractivity contribution is 0.640. The van der Waals surface area contributed by atoms with Crippen molar-refractivity contribution in [3.05, 3.63) is 41.7 Å². The highest BCUT2D eigenvalue weighted by molar-refractivity contribution is 5.66. The van der Waals surface area contributed by atoms with Crippen molar-refractivity contribution in [1.82, 2.24) is 9.78 Å². The normalized spacial score (nSPS) is 12.7. The molecule has 0 saturated carbocycles. The summed E-state index contributed by atoms with van der Waals surface area (Å²) >= 11 is 0. The molecule has 0 bridgehead atoms. The molecule has 2 N–H and O–H groups in total. The number of nitrogens with zero attached hydrogens (tertiary/aromatic N) is 2. The first-order valence-corrected chi connectivity index (χ1v) is 6.01. The van der Waals surface area contributed by atoms with Crippen molar-refractivity contribution in [2.75, 3.05) is 0 Å². The van der Waals surface area contributed by atoms with Gasteiger partial charge in [0.1, 0.15) is 0 Å². The smallest absolute Gasteiger partial charge is 0.0571 e. The van der Waals surface area contributed by atoms with Crippen LogP contribution in [0.5, 0.6) is 0 Å². The van der Waals surface area contributed by atoms with Crippen molar-refractivity contribution in [1.29, 1.82) is 0 Å². The first-order chi connectivity index (χ1) is 8.13. The van der Waals surface area contributed by atoms with Gasteiger partial charge in [-0.2, -0.15) is 5.10 Å². The van der Waals surface area contributed by atoms with Gasteiger partial charge in [-0.15, -0.1) is 0 Å². The largest absolute Gasteiger partial charge is 0.324 e. The zero-order chi connectivity index (χ0) is 12.4. The molecule has 1 aromatic heterocycles. The minimum atomic E-state index is 0.0662. The van der Waals surface area contributed by atoms with E-state index in [4.69, 9.17) is 5.73 Å². The van der Waals surface area contributed by atoms with E-state index in [0.717, 1.165) is 12.1 Å². The monoisotopic (exact) mass is 229 g/mol. The molecule has 0 fully saturated rings. The van der Waals surface area contributed by atoms with Gasteiger partial charge in [0.2, 0.25) is 0 Å². The molecular formula is C14H19N3. The fourth-order valence-corrected chi connectivity index (χ4v) is 2.04. The average Bonchev–Trinajstić information content (AvgIpc) is 2.70. The molecular weight excluding hydrogens is 210 g/mol. The number of nitrogens with two attached hydrogens (primary N) is 1. The first-order valence-electron chi connectivity index (χ1n) is 6.01. The summed E-state index contributed by atoms with van der Waals surface area (Å²) in [7, 11) is 0. The summed E-state index contributed by atoms with van der Waals surface area (Å²) in [6.45, 7) is 7.10. The Labute approximate surface area is 102 Å². The molecule has 2 aromatic rings. The topological polar surface area (TPSA) is 43.8 Å². The van der Waals surface area contributed by atoms with E-state index in [-0.39, 0.29) is 6.04 Å². The molecule has 0 aliphatic carbocycles. The summed E-state index contributed by atoms with van der Waals surface area (Å²) in [6.07, 6.45) is 1.93. The molecule has 1 aromatic carbocycles. The lowest BCUT2D eigenvalue weighted by Crippen LogP contribution is -2.04. The number of rotatable bonds is 3. The van der Waals surface area contributed by atoms with Crippen molar-refractivity contribution in [2.24, 2.45) is 5.73 Å². The van der Waals surface area contributed by atoms with Gasteiger partial charge in [-0.3, -0.25) is 4.68 Å². The molecule has 1 atom stereocenters. The molecule has 3 nitrogen and oxygen atoms in total. The van der Waals surface area contributed by atoms with Crippen LogP contribution in [0.3, 0.4) is 0 Å². The van der Waals surface area contributed by atoms with Crippen LogP contribution in [0.15, 0.2) is 30.5 Å². The molecule has 17 heavy (non-hydrogen) atoms. The van der Waals surface area contributed by atoms with Crippen LogP contribution in [0.25, 0.3) is 11.1 Å². The fraction of sp³-hybridized carbons (Fsp3) is 0.357. The van der Waals surface area contributed by atoms with Gasteiger partial charge in [-0.25, -0.2) is 0 Å². The van der Waals surface area contributed by atoms with Gasteiger partial charge < -0.3 is 5.73 Å². The van der Waals surface area contributed by atoms with Gasteiger partial charge in [-0.1, -0.05) is 18.2 Å². The van der Waals surface area contributed by atoms with Crippen LogP contribution in [-0.2, 0) is 6.54 Å². The SMILES string of the molecule is CCn1ncc(-c2cccc(C(C)N)c2)c1C. The summed E-state index contributed by atoms with van der Waals surface area (Å²) in [5.41, 5.74) is 10.7. The molecule has 0 amide bonds. The van der Waals surface area contributed by atoms with Gasteiger partial charge in [0.25, 0.3) is 0 Å². The lowest BCUT2D eigenvalue weighted by atomic mass is 10.0. The summed E-state index contributed by atoms with van der Waals surface area (Å²) < 4.78 is 2.01. The molecule has 0 radical (unpaired) electrons. The van der Waals surface area contributed by atoms with Gasteiger partial charge in [0, 0.05) is 23.8 Å². The maximum atomic E-state index is 5.91. The predicted octanol–water partition coefficient (Wildman–Crippen LogP) is 2.90. The number of aryl methyl sites for hydroxylation is 1. The van der Waals surface area contributed by atoms with Crippen LogP contribution < -0.4 is 5.73 Å². The molecule has 0 saturated heterocycles. The molecule has 0 spiro atoms. The Balaban J connectivity index is 2.45. The maximum Gasteiger partial charge on any atom is 0.0571 e. The van der Waals surface area contributed by atoms with Crippen LogP contribution >= 0.6 is 0 Å². The van der Waals surface area contributed by atoms with E-state index in [9.17, 15) is 0 Å². The molecule has 0 aliphatic heterocycles. The number of aromatic nitrogens is 2. The summed E-state index contributed by atoms with van der Waals surface area (Å²) in [5, 5.41) is 4.37. The zero-order valence-electron chi connectivity index (χ0n) is 10.6. The van der Waals surface area contributed by atoms with Gasteiger partial charge in [-0.05, 0) is 38.0 Å². The predicted molar refractivity (Wildman–Crippen MR) is 70.7 cm³/mol. The second-order valence-electron chi connectivity index (χ2n) is 4.37. The molecule has 3 heteroatoms. The minimum Gasteiger partial charge on any atom is -0.324 e. The molecule has 1 unspecified atom stereocenters. The second kappa shape index (κ2) is 4.72. The summed E-state index contributed by atoms with van der Waals surface area (Å²) in [6, 6.07) is 8.44. The van der Waals surface area contributed by atoms with Crippen molar-refractivity contribution in [3.8, 4) is 11.1 Å². The highest BCUT2D eigenvalue weighted by Crippen LogP contribution is 2.25. The van der Waals surface area contributed by atoms with Crippen LogP contribution in [0.1, 0.15) is 31.1 Å². The number of hydrogen-bond acceptors (Lipinski definition) is 2. The zero-order valence-corrected chi connectivity index (χ0v) is 10.6. The Hall–Kier alpha value is -1.61. The maximum absolute atomic E-state index is 5.91. The van der Waals surface area contributed by atoms with E-state index in [1.54, 1.807) is 0 Å². The Morgan fingerprint density at radius 1 is 1.41 bits per heavy atom. The lowest BCUT2D eigenvalue weighted by Gasteiger charge is -2.08. The van der Waals surface area contributed by atoms with Crippen LogP contribution in [0.4, 0.5) is 0 Å². The van der Waals surface area contributed by atoms with Crippen LogP contribution in [0.2, 0.25) is 0 Å². The quantitative estimate of drug-likeness (QED) is 0.879. The van der Waals surface area contributed by atoms with Crippen molar-refractivity contribution in [3.63, 3.8) is 0 Å². The van der Waals surface area contributed by atoms with Gasteiger partial charge >= 0.3 is 0 Å². The number of hydrogen-bond donors (Lipinski definition) is 1. The molecule has 1 heterocycles. The second-order valence-corrected chi connectivity index (χ2v) is 4.37. The Bertz CT molecular complexity index is 512. The Morgan fingerprint density at radius 3 is 2.76 bits per heavy atom. The minimum absolute atomic E-state index is 0.0662. The van der Waals surface area contributed by atoms with Crippen molar-refractivity contribution < 1.29 is 0 Å². The fourth-order valence-electron chi connectivity index (χ4n) is 2.04. The van der Waals surface area contributed by atoms with E-state index >= 15 is 0 Å². The van der Waals surface area contributed by atoms with Crippen LogP contribution in [-0.4, -0.2) is 9.78 Å². The highest BCUT2D eigenvalue weighted by Gasteiger charge is 2.08. The molecule has 90 valence electrons. The van der Waals surface area contributed by atoms with E-state index in [2.05, 4.69) is 43.2 Å². The standard InChI is InChI=1S/C14H19N3/c1-4-17-11(3)14(9-16-17)13-7-5-6-12(8-13)10(2)15/h5-10H,4,15H2,1-3H3. The summed E-state index contributed by atoms with van der Waals surface area (Å²) in [5.74, 6) is 0. The third-order valence-electron chi connectivity index (χ3n) is 3.13. The van der Waals surface area contributed by atoms with Crippen LogP contribution in [0, 0.1) is 6.92 Å². The third kappa shape index (κ3) is 2.24. The average molecular weight is 229 g/mol. The van der Waals surface area contributed by atoms with Crippen molar-refractivity contribution >= 4 is 0 Å². The highest BCUT2D eigenvalue weighted by atomic mass is 15.3. The third-order valence-corrected chi connectivity index (χ3v) is 3.13. The van der Waals surface area contributed by atoms with E-state index in [1.165, 1.54) is 16.8 Å². The Kier molecular flexibility index (Phi) is 3.29. The summed E-state index contributed by atoms with van der Waals surface area (Å²) in [4.78, 5) is 0.